The predicted octanol–water partition coefficient (Wildman–Crippen LogP) is 0.819. The molecule has 0 saturated carbocycles. The molecule has 23 heavy (non-hydrogen) atoms. The average Bonchev–Trinajstić information content (AvgIpc) is 2.58. The molecule has 4 amide bonds. The Morgan fingerprint density at radius 3 is 2.04 bits per heavy atom. The Labute approximate surface area is 132 Å². The summed E-state index contributed by atoms with van der Waals surface area (Å²) in [4.78, 5) is 48.6. The topological polar surface area (TPSA) is 96.0 Å². The highest BCUT2D eigenvalue weighted by Gasteiger charge is 2.37. The van der Waals surface area contributed by atoms with Crippen molar-refractivity contribution in [3.8, 4) is 0 Å². The molecule has 8 heteroatoms. The van der Waals surface area contributed by atoms with Crippen LogP contribution in [-0.4, -0.2) is 54.8 Å². The van der Waals surface area contributed by atoms with E-state index in [1.165, 1.54) is 27.4 Å². The van der Waals surface area contributed by atoms with Crippen LogP contribution in [0.5, 0.6) is 0 Å². The zero-order valence-corrected chi connectivity index (χ0v) is 12.8. The number of hydrogen-bond acceptors (Lipinski definition) is 6. The number of imide groups is 2. The molecule has 1 aromatic carbocycles. The van der Waals surface area contributed by atoms with Crippen molar-refractivity contribution in [2.75, 3.05) is 26.5 Å². The van der Waals surface area contributed by atoms with E-state index >= 15 is 0 Å². The van der Waals surface area contributed by atoms with Crippen molar-refractivity contribution in [2.24, 2.45) is 0 Å². The van der Waals surface area contributed by atoms with Crippen molar-refractivity contribution in [3.05, 3.63) is 41.6 Å². The third-order valence-electron chi connectivity index (χ3n) is 3.33. The number of esters is 1. The highest BCUT2D eigenvalue weighted by atomic mass is 16.5. The number of barbiturate groups is 1. The molecular weight excluding hydrogens is 302 g/mol. The summed E-state index contributed by atoms with van der Waals surface area (Å²) in [5.74, 6) is -1.83. The third kappa shape index (κ3) is 3.05. The average molecular weight is 317 g/mol. The minimum Gasteiger partial charge on any atom is -0.465 e. The molecule has 0 atom stereocenters. The number of rotatable bonds is 3. The lowest BCUT2D eigenvalue weighted by atomic mass is 10.1. The van der Waals surface area contributed by atoms with Crippen molar-refractivity contribution in [3.63, 3.8) is 0 Å². The molecule has 0 unspecified atom stereocenters. The number of amides is 4. The van der Waals surface area contributed by atoms with E-state index in [-0.39, 0.29) is 5.57 Å². The zero-order chi connectivity index (χ0) is 17.1. The first kappa shape index (κ1) is 16.2. The Morgan fingerprint density at radius 1 is 1.04 bits per heavy atom. The van der Waals surface area contributed by atoms with Gasteiger partial charge in [0.1, 0.15) is 5.57 Å². The van der Waals surface area contributed by atoms with Crippen LogP contribution < -0.4 is 5.32 Å². The van der Waals surface area contributed by atoms with E-state index in [9.17, 15) is 19.2 Å². The fourth-order valence-electron chi connectivity index (χ4n) is 1.95. The molecule has 0 bridgehead atoms. The normalized spacial score (nSPS) is 14.9. The number of benzene rings is 1. The lowest BCUT2D eigenvalue weighted by Crippen LogP contribution is -2.53. The number of hydrogen-bond donors (Lipinski definition) is 1. The van der Waals surface area contributed by atoms with Gasteiger partial charge in [-0.15, -0.1) is 0 Å². The molecule has 1 N–H and O–H groups in total. The number of ether oxygens (including phenoxy) is 1. The van der Waals surface area contributed by atoms with Gasteiger partial charge in [0.15, 0.2) is 0 Å². The first-order valence-corrected chi connectivity index (χ1v) is 6.62. The maximum Gasteiger partial charge on any atom is 0.337 e. The molecule has 2 rings (SSSR count). The molecule has 1 aliphatic heterocycles. The largest absolute Gasteiger partial charge is 0.465 e. The number of carbonyl (C=O) groups excluding carboxylic acids is 4. The SMILES string of the molecule is COC(=O)c1ccc(NC=C2C(=O)N(C)C(=O)N(C)C2=O)cc1. The highest BCUT2D eigenvalue weighted by Crippen LogP contribution is 2.16. The van der Waals surface area contributed by atoms with Crippen LogP contribution in [0, 0.1) is 0 Å². The van der Waals surface area contributed by atoms with Crippen LogP contribution in [0.1, 0.15) is 10.4 Å². The van der Waals surface area contributed by atoms with E-state index in [1.807, 2.05) is 0 Å². The fraction of sp³-hybridized carbons (Fsp3) is 0.200. The lowest BCUT2D eigenvalue weighted by Gasteiger charge is -2.28. The van der Waals surface area contributed by atoms with Crippen LogP contribution in [0.3, 0.4) is 0 Å². The van der Waals surface area contributed by atoms with Crippen LogP contribution >= 0.6 is 0 Å². The zero-order valence-electron chi connectivity index (χ0n) is 12.8. The van der Waals surface area contributed by atoms with Crippen molar-refractivity contribution in [2.45, 2.75) is 0 Å². The molecule has 0 aliphatic carbocycles. The fourth-order valence-corrected chi connectivity index (χ4v) is 1.95. The van der Waals surface area contributed by atoms with Gasteiger partial charge in [-0.2, -0.15) is 0 Å². The molecule has 1 fully saturated rings. The van der Waals surface area contributed by atoms with Gasteiger partial charge in [0.25, 0.3) is 11.8 Å². The molecule has 1 saturated heterocycles. The quantitative estimate of drug-likeness (QED) is 0.504. The van der Waals surface area contributed by atoms with Gasteiger partial charge in [0.05, 0.1) is 12.7 Å². The summed E-state index contributed by atoms with van der Waals surface area (Å²) in [6.07, 6.45) is 1.23. The second-order valence-corrected chi connectivity index (χ2v) is 4.78. The monoisotopic (exact) mass is 317 g/mol. The van der Waals surface area contributed by atoms with Gasteiger partial charge < -0.3 is 10.1 Å². The maximum absolute atomic E-state index is 12.0. The first-order chi connectivity index (χ1) is 10.9. The molecule has 1 heterocycles. The van der Waals surface area contributed by atoms with Crippen LogP contribution in [0.4, 0.5) is 10.5 Å². The van der Waals surface area contributed by atoms with Gasteiger partial charge >= 0.3 is 12.0 Å². The minimum atomic E-state index is -0.684. The smallest absolute Gasteiger partial charge is 0.337 e. The molecule has 0 spiro atoms. The van der Waals surface area contributed by atoms with Crippen LogP contribution in [0.25, 0.3) is 0 Å². The van der Waals surface area contributed by atoms with Gasteiger partial charge in [-0.05, 0) is 24.3 Å². The Hall–Kier alpha value is -3.16. The van der Waals surface area contributed by atoms with Gasteiger partial charge in [-0.25, -0.2) is 9.59 Å². The number of urea groups is 1. The summed E-state index contributed by atoms with van der Waals surface area (Å²) in [5.41, 5.74) is 0.778. The molecule has 0 aromatic heterocycles. The number of likely N-dealkylation sites (N-methyl/N-ethyl adjacent to an activating group) is 2. The minimum absolute atomic E-state index is 0.161. The van der Waals surface area contributed by atoms with Crippen molar-refractivity contribution < 1.29 is 23.9 Å². The summed E-state index contributed by atoms with van der Waals surface area (Å²) < 4.78 is 4.59. The van der Waals surface area contributed by atoms with E-state index in [2.05, 4.69) is 10.1 Å². The summed E-state index contributed by atoms with van der Waals surface area (Å²) >= 11 is 0. The second kappa shape index (κ2) is 6.30. The molecule has 0 radical (unpaired) electrons. The predicted molar refractivity (Wildman–Crippen MR) is 80.4 cm³/mol. The number of anilines is 1. The van der Waals surface area contributed by atoms with Gasteiger partial charge in [0, 0.05) is 26.0 Å². The van der Waals surface area contributed by atoms with E-state index in [0.29, 0.717) is 11.3 Å². The Balaban J connectivity index is 2.18. The molecule has 8 nitrogen and oxygen atoms in total. The van der Waals surface area contributed by atoms with Crippen LogP contribution in [0.2, 0.25) is 0 Å². The van der Waals surface area contributed by atoms with Gasteiger partial charge in [0.2, 0.25) is 0 Å². The number of nitrogens with zero attached hydrogens (tertiary/aromatic N) is 2. The Bertz CT molecular complexity index is 682. The Morgan fingerprint density at radius 2 is 1.57 bits per heavy atom. The van der Waals surface area contributed by atoms with E-state index in [0.717, 1.165) is 9.80 Å². The number of nitrogens with one attached hydrogen (secondary N) is 1. The lowest BCUT2D eigenvalue weighted by molar-refractivity contribution is -0.134. The molecule has 1 aromatic rings. The molecule has 120 valence electrons. The van der Waals surface area contributed by atoms with Gasteiger partial charge in [-0.1, -0.05) is 0 Å². The first-order valence-electron chi connectivity index (χ1n) is 6.62. The molecular formula is C15H15N3O5. The summed E-state index contributed by atoms with van der Waals surface area (Å²) in [5, 5.41) is 2.79. The summed E-state index contributed by atoms with van der Waals surface area (Å²) in [6, 6.07) is 5.59. The van der Waals surface area contributed by atoms with E-state index in [1.54, 1.807) is 24.3 Å². The van der Waals surface area contributed by atoms with Crippen molar-refractivity contribution >= 4 is 29.5 Å². The summed E-state index contributed by atoms with van der Waals surface area (Å²) in [6.45, 7) is 0. The summed E-state index contributed by atoms with van der Waals surface area (Å²) in [7, 11) is 3.88. The van der Waals surface area contributed by atoms with Crippen LogP contribution in [-0.2, 0) is 14.3 Å². The van der Waals surface area contributed by atoms with Crippen molar-refractivity contribution in [1.29, 1.82) is 0 Å². The van der Waals surface area contributed by atoms with E-state index in [4.69, 9.17) is 0 Å². The second-order valence-electron chi connectivity index (χ2n) is 4.78. The van der Waals surface area contributed by atoms with Gasteiger partial charge in [-0.3, -0.25) is 19.4 Å². The number of carbonyl (C=O) groups is 4. The van der Waals surface area contributed by atoms with E-state index < -0.39 is 23.8 Å². The van der Waals surface area contributed by atoms with Crippen LogP contribution in [0.15, 0.2) is 36.0 Å². The maximum atomic E-state index is 12.0. The number of methoxy groups -OCH3 is 1. The highest BCUT2D eigenvalue weighted by molar-refractivity contribution is 6.28. The molecule has 1 aliphatic rings. The Kier molecular flexibility index (Phi) is 4.44. The third-order valence-corrected chi connectivity index (χ3v) is 3.33. The van der Waals surface area contributed by atoms with Crippen molar-refractivity contribution in [1.82, 2.24) is 9.80 Å². The standard InChI is InChI=1S/C15H15N3O5/c1-17-12(19)11(13(20)18(2)15(17)22)8-16-10-6-4-9(5-7-10)14(21)23-3/h4-8,16H,1-3H3.